The van der Waals surface area contributed by atoms with Crippen molar-refractivity contribution in [3.63, 3.8) is 0 Å². The number of amides is 3. The van der Waals surface area contributed by atoms with Gasteiger partial charge in [-0.05, 0) is 23.4 Å². The third-order valence-electron chi connectivity index (χ3n) is 4.77. The van der Waals surface area contributed by atoms with Crippen molar-refractivity contribution in [3.05, 3.63) is 58.3 Å². The van der Waals surface area contributed by atoms with Gasteiger partial charge >= 0.3 is 0 Å². The standard InChI is InChI=1S/C21H25N3O3S/c1-15(25)22-17(19-9-6-12-28-19)13-20(26)23-18(16-7-3-2-4-8-16)14-24-11-5-10-21(24)27/h2-4,6-9,12,17-18H,5,10-11,13-14H2,1H3,(H,22,25)(H,23,26)/t17-,18+/m1/s1. The minimum absolute atomic E-state index is 0.130. The Labute approximate surface area is 168 Å². The molecule has 1 aromatic heterocycles. The Morgan fingerprint density at radius 1 is 1.11 bits per heavy atom. The molecular weight excluding hydrogens is 374 g/mol. The van der Waals surface area contributed by atoms with E-state index in [2.05, 4.69) is 10.6 Å². The Morgan fingerprint density at radius 2 is 1.89 bits per heavy atom. The lowest BCUT2D eigenvalue weighted by Gasteiger charge is -2.26. The molecule has 0 saturated carbocycles. The molecule has 2 atom stereocenters. The first kappa shape index (κ1) is 20.1. The molecule has 0 aliphatic carbocycles. The van der Waals surface area contributed by atoms with Gasteiger partial charge in [0.2, 0.25) is 17.7 Å². The normalized spacial score (nSPS) is 15.9. The smallest absolute Gasteiger partial charge is 0.222 e. The average Bonchev–Trinajstić information content (AvgIpc) is 3.33. The minimum atomic E-state index is -0.359. The van der Waals surface area contributed by atoms with Gasteiger partial charge in [0.05, 0.1) is 18.5 Å². The van der Waals surface area contributed by atoms with Crippen molar-refractivity contribution in [2.75, 3.05) is 13.1 Å². The molecule has 0 unspecified atom stereocenters. The molecule has 28 heavy (non-hydrogen) atoms. The van der Waals surface area contributed by atoms with Crippen molar-refractivity contribution in [3.8, 4) is 0 Å². The number of hydrogen-bond acceptors (Lipinski definition) is 4. The van der Waals surface area contributed by atoms with Crippen molar-refractivity contribution >= 4 is 29.1 Å². The second-order valence-corrected chi connectivity index (χ2v) is 7.93. The highest BCUT2D eigenvalue weighted by molar-refractivity contribution is 7.10. The highest BCUT2D eigenvalue weighted by Gasteiger charge is 2.26. The topological polar surface area (TPSA) is 78.5 Å². The summed E-state index contributed by atoms with van der Waals surface area (Å²) in [5.41, 5.74) is 0.961. The lowest BCUT2D eigenvalue weighted by atomic mass is 10.1. The number of nitrogens with zero attached hydrogens (tertiary/aromatic N) is 1. The number of carbonyl (C=O) groups is 3. The predicted octanol–water partition coefficient (Wildman–Crippen LogP) is 2.80. The number of benzene rings is 1. The van der Waals surface area contributed by atoms with Crippen LogP contribution in [0.15, 0.2) is 47.8 Å². The molecule has 2 heterocycles. The van der Waals surface area contributed by atoms with Crippen LogP contribution in [0.5, 0.6) is 0 Å². The molecule has 2 aromatic rings. The Hall–Kier alpha value is -2.67. The third-order valence-corrected chi connectivity index (χ3v) is 5.75. The van der Waals surface area contributed by atoms with Crippen LogP contribution < -0.4 is 10.6 Å². The van der Waals surface area contributed by atoms with Gasteiger partial charge in [0.25, 0.3) is 0 Å². The molecule has 1 fully saturated rings. The summed E-state index contributed by atoms with van der Waals surface area (Å²) in [5, 5.41) is 7.84. The van der Waals surface area contributed by atoms with Crippen LogP contribution in [-0.2, 0) is 14.4 Å². The molecule has 1 aliphatic heterocycles. The Bertz CT molecular complexity index is 808. The summed E-state index contributed by atoms with van der Waals surface area (Å²) in [6.07, 6.45) is 1.58. The number of hydrogen-bond donors (Lipinski definition) is 2. The molecule has 3 rings (SSSR count). The Balaban J connectivity index is 1.70. The fourth-order valence-electron chi connectivity index (χ4n) is 3.43. The van der Waals surface area contributed by atoms with Crippen LogP contribution in [0.1, 0.15) is 48.7 Å². The van der Waals surface area contributed by atoms with Gasteiger partial charge in [0.15, 0.2) is 0 Å². The highest BCUT2D eigenvalue weighted by Crippen LogP contribution is 2.23. The Morgan fingerprint density at radius 3 is 2.50 bits per heavy atom. The van der Waals surface area contributed by atoms with E-state index in [1.54, 1.807) is 0 Å². The first-order valence-corrected chi connectivity index (χ1v) is 10.3. The second-order valence-electron chi connectivity index (χ2n) is 6.95. The maximum atomic E-state index is 12.8. The van der Waals surface area contributed by atoms with E-state index in [1.807, 2.05) is 52.7 Å². The van der Waals surface area contributed by atoms with Crippen LogP contribution in [0.4, 0.5) is 0 Å². The van der Waals surface area contributed by atoms with Crippen LogP contribution >= 0.6 is 11.3 Å². The van der Waals surface area contributed by atoms with Crippen molar-refractivity contribution < 1.29 is 14.4 Å². The highest BCUT2D eigenvalue weighted by atomic mass is 32.1. The van der Waals surface area contributed by atoms with Crippen molar-refractivity contribution in [1.29, 1.82) is 0 Å². The van der Waals surface area contributed by atoms with Gasteiger partial charge in [-0.1, -0.05) is 36.4 Å². The van der Waals surface area contributed by atoms with Crippen molar-refractivity contribution in [2.45, 2.75) is 38.3 Å². The molecule has 1 aliphatic rings. The number of thiophene rings is 1. The summed E-state index contributed by atoms with van der Waals surface area (Å²) in [5.74, 6) is -0.203. The Kier molecular flexibility index (Phi) is 6.81. The fraction of sp³-hybridized carbons (Fsp3) is 0.381. The van der Waals surface area contributed by atoms with Crippen LogP contribution in [0.3, 0.4) is 0 Å². The second kappa shape index (κ2) is 9.50. The van der Waals surface area contributed by atoms with Gasteiger partial charge in [0, 0.05) is 31.3 Å². The quantitative estimate of drug-likeness (QED) is 0.716. The molecule has 148 valence electrons. The molecule has 1 aromatic carbocycles. The average molecular weight is 400 g/mol. The van der Waals surface area contributed by atoms with Crippen LogP contribution in [-0.4, -0.2) is 35.7 Å². The molecule has 0 bridgehead atoms. The summed E-state index contributed by atoms with van der Waals surface area (Å²) in [6.45, 7) is 2.63. The maximum Gasteiger partial charge on any atom is 0.222 e. The van der Waals surface area contributed by atoms with E-state index >= 15 is 0 Å². The first-order chi connectivity index (χ1) is 13.5. The van der Waals surface area contributed by atoms with Gasteiger partial charge in [0.1, 0.15) is 0 Å². The zero-order valence-corrected chi connectivity index (χ0v) is 16.7. The number of nitrogens with one attached hydrogen (secondary N) is 2. The zero-order chi connectivity index (χ0) is 19.9. The van der Waals surface area contributed by atoms with Gasteiger partial charge < -0.3 is 15.5 Å². The molecular formula is C21H25N3O3S. The van der Waals surface area contributed by atoms with E-state index < -0.39 is 0 Å². The van der Waals surface area contributed by atoms with Gasteiger partial charge in [-0.25, -0.2) is 0 Å². The number of rotatable bonds is 8. The van der Waals surface area contributed by atoms with Crippen molar-refractivity contribution in [2.24, 2.45) is 0 Å². The van der Waals surface area contributed by atoms with Crippen molar-refractivity contribution in [1.82, 2.24) is 15.5 Å². The largest absolute Gasteiger partial charge is 0.348 e. The molecule has 0 spiro atoms. The number of carbonyl (C=O) groups excluding carboxylic acids is 3. The lowest BCUT2D eigenvalue weighted by molar-refractivity contribution is -0.129. The number of likely N-dealkylation sites (tertiary alicyclic amines) is 1. The van der Waals surface area contributed by atoms with Gasteiger partial charge in [-0.15, -0.1) is 11.3 Å². The lowest BCUT2D eigenvalue weighted by Crippen LogP contribution is -2.40. The van der Waals surface area contributed by atoms with Crippen LogP contribution in [0.2, 0.25) is 0 Å². The van der Waals surface area contributed by atoms with E-state index in [-0.39, 0.29) is 36.2 Å². The first-order valence-electron chi connectivity index (χ1n) is 9.45. The summed E-state index contributed by atoms with van der Waals surface area (Å²) < 4.78 is 0. The molecule has 3 amide bonds. The third kappa shape index (κ3) is 5.42. The van der Waals surface area contributed by atoms with E-state index in [9.17, 15) is 14.4 Å². The van der Waals surface area contributed by atoms with Crippen LogP contribution in [0, 0.1) is 0 Å². The summed E-state index contributed by atoms with van der Waals surface area (Å²) in [6, 6.07) is 12.9. The van der Waals surface area contributed by atoms with E-state index in [1.165, 1.54) is 18.3 Å². The monoisotopic (exact) mass is 399 g/mol. The molecule has 6 nitrogen and oxygen atoms in total. The molecule has 0 radical (unpaired) electrons. The van der Waals surface area contributed by atoms with E-state index in [0.29, 0.717) is 13.0 Å². The van der Waals surface area contributed by atoms with Crippen LogP contribution in [0.25, 0.3) is 0 Å². The zero-order valence-electron chi connectivity index (χ0n) is 15.9. The summed E-state index contributed by atoms with van der Waals surface area (Å²) in [4.78, 5) is 39.2. The molecule has 1 saturated heterocycles. The summed E-state index contributed by atoms with van der Waals surface area (Å²) >= 11 is 1.51. The molecule has 2 N–H and O–H groups in total. The molecule has 7 heteroatoms. The maximum absolute atomic E-state index is 12.8. The SMILES string of the molecule is CC(=O)N[C@H](CC(=O)N[C@@H](CN1CCCC1=O)c1ccccc1)c1cccs1. The fourth-order valence-corrected chi connectivity index (χ4v) is 4.21. The van der Waals surface area contributed by atoms with Gasteiger partial charge in [-0.2, -0.15) is 0 Å². The predicted molar refractivity (Wildman–Crippen MR) is 109 cm³/mol. The van der Waals surface area contributed by atoms with E-state index in [0.717, 1.165) is 23.4 Å². The minimum Gasteiger partial charge on any atom is -0.348 e. The van der Waals surface area contributed by atoms with E-state index in [4.69, 9.17) is 0 Å². The van der Waals surface area contributed by atoms with Gasteiger partial charge in [-0.3, -0.25) is 14.4 Å². The summed E-state index contributed by atoms with van der Waals surface area (Å²) in [7, 11) is 0.